The second-order valence-corrected chi connectivity index (χ2v) is 4.57. The molecule has 0 aliphatic carbocycles. The number of hydrogen-bond donors (Lipinski definition) is 0. The first-order valence-corrected chi connectivity index (χ1v) is 6.07. The normalized spacial score (nSPS) is 20.1. The lowest BCUT2D eigenvalue weighted by Gasteiger charge is -2.33. The first kappa shape index (κ1) is 14.7. The molecule has 110 valence electrons. The number of nitrogens with zero attached hydrogens (tertiary/aromatic N) is 3. The number of aryl methyl sites for hydroxylation is 2. The molecular weight excluding hydrogens is 275 g/mol. The summed E-state index contributed by atoms with van der Waals surface area (Å²) in [6.45, 7) is 2.79. The lowest BCUT2D eigenvalue weighted by atomic mass is 10.2. The molecule has 1 amide bonds. The molecule has 20 heavy (non-hydrogen) atoms. The van der Waals surface area contributed by atoms with E-state index >= 15 is 0 Å². The van der Waals surface area contributed by atoms with Gasteiger partial charge in [0.05, 0.1) is 24.4 Å². The number of morpholine rings is 1. The van der Waals surface area contributed by atoms with Crippen molar-refractivity contribution in [1.29, 1.82) is 0 Å². The van der Waals surface area contributed by atoms with Gasteiger partial charge in [0.1, 0.15) is 5.82 Å². The van der Waals surface area contributed by atoms with Gasteiger partial charge in [0.2, 0.25) is 0 Å². The molecule has 0 bridgehead atoms. The lowest BCUT2D eigenvalue weighted by molar-refractivity contribution is -0.233. The summed E-state index contributed by atoms with van der Waals surface area (Å²) in [5, 5.41) is 0. The van der Waals surface area contributed by atoms with Crippen molar-refractivity contribution in [2.45, 2.75) is 26.1 Å². The molecule has 8 heteroatoms. The average Bonchev–Trinajstić information content (AvgIpc) is 2.37. The van der Waals surface area contributed by atoms with E-state index < -0.39 is 24.7 Å². The summed E-state index contributed by atoms with van der Waals surface area (Å²) in [6, 6.07) is 0. The van der Waals surface area contributed by atoms with Crippen LogP contribution in [0.1, 0.15) is 21.9 Å². The van der Waals surface area contributed by atoms with Crippen LogP contribution in [0.4, 0.5) is 13.2 Å². The molecule has 1 aliphatic rings. The zero-order valence-electron chi connectivity index (χ0n) is 11.1. The van der Waals surface area contributed by atoms with Crippen LogP contribution in [0.25, 0.3) is 0 Å². The van der Waals surface area contributed by atoms with Gasteiger partial charge in [-0.2, -0.15) is 13.2 Å². The molecule has 0 N–H and O–H groups in total. The van der Waals surface area contributed by atoms with Crippen molar-refractivity contribution in [2.24, 2.45) is 0 Å². The third kappa shape index (κ3) is 3.06. The highest BCUT2D eigenvalue weighted by atomic mass is 19.4. The maximum Gasteiger partial charge on any atom is 0.416 e. The zero-order valence-corrected chi connectivity index (χ0v) is 11.1. The van der Waals surface area contributed by atoms with E-state index in [9.17, 15) is 18.0 Å². The van der Waals surface area contributed by atoms with Crippen molar-refractivity contribution in [3.05, 3.63) is 23.3 Å². The maximum atomic E-state index is 12.6. The Hall–Kier alpha value is -1.70. The molecule has 5 nitrogen and oxygen atoms in total. The summed E-state index contributed by atoms with van der Waals surface area (Å²) in [5.41, 5.74) is 0.677. The molecule has 1 fully saturated rings. The number of hydrogen-bond acceptors (Lipinski definition) is 4. The van der Waals surface area contributed by atoms with Crippen molar-refractivity contribution >= 4 is 5.91 Å². The second-order valence-electron chi connectivity index (χ2n) is 4.57. The maximum absolute atomic E-state index is 12.6. The summed E-state index contributed by atoms with van der Waals surface area (Å²) in [6.07, 6.45) is -5.07. The van der Waals surface area contributed by atoms with E-state index in [1.54, 1.807) is 13.8 Å². The van der Waals surface area contributed by atoms with Crippen LogP contribution in [-0.4, -0.2) is 52.8 Å². The van der Waals surface area contributed by atoms with Crippen molar-refractivity contribution in [1.82, 2.24) is 14.9 Å². The summed E-state index contributed by atoms with van der Waals surface area (Å²) >= 11 is 0. The molecule has 1 aromatic heterocycles. The van der Waals surface area contributed by atoms with Crippen LogP contribution in [0, 0.1) is 13.8 Å². The summed E-state index contributed by atoms with van der Waals surface area (Å²) in [5.74, 6) is 0.00856. The number of amides is 1. The molecule has 1 aromatic rings. The van der Waals surface area contributed by atoms with Crippen LogP contribution in [0.3, 0.4) is 0 Å². The number of rotatable bonds is 1. The molecule has 0 aromatic carbocycles. The van der Waals surface area contributed by atoms with Crippen LogP contribution in [0.15, 0.2) is 6.20 Å². The highest BCUT2D eigenvalue weighted by Crippen LogP contribution is 2.26. The minimum absolute atomic E-state index is 0.124. The van der Waals surface area contributed by atoms with Crippen LogP contribution in [-0.2, 0) is 4.74 Å². The van der Waals surface area contributed by atoms with Crippen molar-refractivity contribution in [2.75, 3.05) is 19.7 Å². The molecule has 0 unspecified atom stereocenters. The van der Waals surface area contributed by atoms with E-state index in [4.69, 9.17) is 0 Å². The van der Waals surface area contributed by atoms with Gasteiger partial charge in [-0.15, -0.1) is 0 Å². The van der Waals surface area contributed by atoms with Gasteiger partial charge in [0.25, 0.3) is 5.91 Å². The van der Waals surface area contributed by atoms with Crippen LogP contribution >= 0.6 is 0 Å². The van der Waals surface area contributed by atoms with E-state index in [0.29, 0.717) is 11.5 Å². The Kier molecular flexibility index (Phi) is 3.94. The van der Waals surface area contributed by atoms with Gasteiger partial charge in [0, 0.05) is 12.7 Å². The smallest absolute Gasteiger partial charge is 0.365 e. The fraction of sp³-hybridized carbons (Fsp3) is 0.583. The standard InChI is InChI=1S/C12H14F3N3O2/c1-7-9(5-16-8(2)17-7)11(19)18-3-4-20-10(6-18)12(13,14)15/h5,10H,3-4,6H2,1-2H3/t10-/m0/s1. The third-order valence-electron chi connectivity index (χ3n) is 3.05. The topological polar surface area (TPSA) is 55.3 Å². The quantitative estimate of drug-likeness (QED) is 0.786. The second kappa shape index (κ2) is 5.35. The molecular formula is C12H14F3N3O2. The minimum Gasteiger partial charge on any atom is -0.365 e. The Bertz CT molecular complexity index is 519. The van der Waals surface area contributed by atoms with Crippen molar-refractivity contribution in [3.63, 3.8) is 0 Å². The predicted octanol–water partition coefficient (Wildman–Crippen LogP) is 1.50. The monoisotopic (exact) mass is 289 g/mol. The Morgan fingerprint density at radius 1 is 1.45 bits per heavy atom. The van der Waals surface area contributed by atoms with Crippen LogP contribution < -0.4 is 0 Å². The molecule has 2 rings (SSSR count). The molecule has 0 spiro atoms. The Morgan fingerprint density at radius 3 is 2.75 bits per heavy atom. The summed E-state index contributed by atoms with van der Waals surface area (Å²) in [7, 11) is 0. The molecule has 1 aliphatic heterocycles. The van der Waals surface area contributed by atoms with Gasteiger partial charge in [-0.1, -0.05) is 0 Å². The SMILES string of the molecule is Cc1ncc(C(=O)N2CCO[C@H](C(F)(F)F)C2)c(C)n1. The number of aromatic nitrogens is 2. The Balaban J connectivity index is 2.16. The van der Waals surface area contributed by atoms with Gasteiger partial charge in [-0.3, -0.25) is 4.79 Å². The number of halogens is 3. The van der Waals surface area contributed by atoms with E-state index in [1.807, 2.05) is 0 Å². The van der Waals surface area contributed by atoms with Crippen molar-refractivity contribution in [3.8, 4) is 0 Å². The van der Waals surface area contributed by atoms with E-state index in [2.05, 4.69) is 14.7 Å². The highest BCUT2D eigenvalue weighted by molar-refractivity contribution is 5.95. The average molecular weight is 289 g/mol. The van der Waals surface area contributed by atoms with E-state index in [0.717, 1.165) is 4.90 Å². The van der Waals surface area contributed by atoms with E-state index in [-0.39, 0.29) is 18.7 Å². The molecule has 0 saturated carbocycles. The molecule has 2 heterocycles. The summed E-state index contributed by atoms with van der Waals surface area (Å²) < 4.78 is 42.5. The van der Waals surface area contributed by atoms with Crippen LogP contribution in [0.2, 0.25) is 0 Å². The van der Waals surface area contributed by atoms with E-state index in [1.165, 1.54) is 6.20 Å². The summed E-state index contributed by atoms with van der Waals surface area (Å²) in [4.78, 5) is 21.3. The third-order valence-corrected chi connectivity index (χ3v) is 3.05. The highest BCUT2D eigenvalue weighted by Gasteiger charge is 2.44. The first-order chi connectivity index (χ1) is 9.29. The molecule has 0 radical (unpaired) electrons. The number of carbonyl (C=O) groups is 1. The molecule has 1 atom stereocenters. The lowest BCUT2D eigenvalue weighted by Crippen LogP contribution is -2.51. The largest absolute Gasteiger partial charge is 0.416 e. The van der Waals surface area contributed by atoms with Gasteiger partial charge >= 0.3 is 6.18 Å². The fourth-order valence-electron chi connectivity index (χ4n) is 2.00. The zero-order chi connectivity index (χ0) is 14.9. The van der Waals surface area contributed by atoms with Crippen molar-refractivity contribution < 1.29 is 22.7 Å². The Labute approximate surface area is 113 Å². The van der Waals surface area contributed by atoms with Gasteiger partial charge in [0.15, 0.2) is 6.10 Å². The molecule has 1 saturated heterocycles. The Morgan fingerprint density at radius 2 is 2.15 bits per heavy atom. The predicted molar refractivity (Wildman–Crippen MR) is 63.2 cm³/mol. The fourth-order valence-corrected chi connectivity index (χ4v) is 2.00. The van der Waals surface area contributed by atoms with Crippen LogP contribution in [0.5, 0.6) is 0 Å². The van der Waals surface area contributed by atoms with Gasteiger partial charge in [-0.05, 0) is 13.8 Å². The van der Waals surface area contributed by atoms with Gasteiger partial charge in [-0.25, -0.2) is 9.97 Å². The van der Waals surface area contributed by atoms with Gasteiger partial charge < -0.3 is 9.64 Å². The minimum atomic E-state index is -4.47. The first-order valence-electron chi connectivity index (χ1n) is 6.07. The number of ether oxygens (including phenoxy) is 1. The number of carbonyl (C=O) groups excluding carboxylic acids is 1. The number of alkyl halides is 3.